The summed E-state index contributed by atoms with van der Waals surface area (Å²) in [7, 11) is 0. The van der Waals surface area contributed by atoms with E-state index in [2.05, 4.69) is 0 Å². The average Bonchev–Trinajstić information content (AvgIpc) is 2.58. The maximum Gasteiger partial charge on any atom is 0.204 e. The monoisotopic (exact) mass is 354 g/mol. The van der Waals surface area contributed by atoms with Gasteiger partial charge in [-0.1, -0.05) is 12.1 Å². The summed E-state index contributed by atoms with van der Waals surface area (Å²) in [5.74, 6) is 0.257. The van der Waals surface area contributed by atoms with Gasteiger partial charge in [0.1, 0.15) is 40.1 Å². The zero-order chi connectivity index (χ0) is 18.6. The van der Waals surface area contributed by atoms with Crippen LogP contribution >= 0.6 is 0 Å². The standard InChI is InChI=1S/C20H18O6/c1-20(2)16(23)7-12-14(22)8-15-17(19(12)26-20)18(24)13(9-25-15)10-3-5-11(21)6-4-10/h3-6,8-9,16,21-23H,7H2,1-2H3. The van der Waals surface area contributed by atoms with Crippen molar-refractivity contribution in [1.82, 2.24) is 0 Å². The van der Waals surface area contributed by atoms with Crippen molar-refractivity contribution in [2.75, 3.05) is 0 Å². The lowest BCUT2D eigenvalue weighted by Crippen LogP contribution is -2.46. The highest BCUT2D eigenvalue weighted by Crippen LogP contribution is 2.43. The van der Waals surface area contributed by atoms with E-state index < -0.39 is 11.7 Å². The van der Waals surface area contributed by atoms with Crippen LogP contribution in [-0.2, 0) is 6.42 Å². The Morgan fingerprint density at radius 3 is 2.54 bits per heavy atom. The number of benzene rings is 2. The van der Waals surface area contributed by atoms with Crippen LogP contribution in [0.15, 0.2) is 45.8 Å². The molecule has 1 unspecified atom stereocenters. The summed E-state index contributed by atoms with van der Waals surface area (Å²) in [5, 5.41) is 30.2. The fourth-order valence-electron chi connectivity index (χ4n) is 3.20. The van der Waals surface area contributed by atoms with Crippen LogP contribution in [0.4, 0.5) is 0 Å². The third kappa shape index (κ3) is 2.42. The van der Waals surface area contributed by atoms with Crippen LogP contribution in [-0.4, -0.2) is 27.0 Å². The SMILES string of the molecule is CC1(C)Oc2c(c(O)cc3occ(-c4ccc(O)cc4)c(=O)c23)CC1O. The van der Waals surface area contributed by atoms with E-state index >= 15 is 0 Å². The Bertz CT molecular complexity index is 1060. The first kappa shape index (κ1) is 16.5. The van der Waals surface area contributed by atoms with Gasteiger partial charge in [-0.05, 0) is 31.5 Å². The molecule has 4 rings (SSSR count). The van der Waals surface area contributed by atoms with E-state index in [1.165, 1.54) is 24.5 Å². The minimum absolute atomic E-state index is 0.0809. The summed E-state index contributed by atoms with van der Waals surface area (Å²) in [6, 6.07) is 7.58. The van der Waals surface area contributed by atoms with E-state index in [1.54, 1.807) is 26.0 Å². The molecule has 1 aliphatic heterocycles. The molecular weight excluding hydrogens is 336 g/mol. The highest BCUT2D eigenvalue weighted by atomic mass is 16.5. The van der Waals surface area contributed by atoms with Crippen molar-refractivity contribution in [3.63, 3.8) is 0 Å². The quantitative estimate of drug-likeness (QED) is 0.621. The van der Waals surface area contributed by atoms with Gasteiger partial charge < -0.3 is 24.5 Å². The molecule has 0 aliphatic carbocycles. The first-order valence-corrected chi connectivity index (χ1v) is 8.25. The number of phenolic OH excluding ortho intramolecular Hbond substituents is 2. The van der Waals surface area contributed by atoms with E-state index in [1.807, 2.05) is 0 Å². The summed E-state index contributed by atoms with van der Waals surface area (Å²) >= 11 is 0. The zero-order valence-electron chi connectivity index (χ0n) is 14.3. The minimum atomic E-state index is -0.908. The maximum atomic E-state index is 13.1. The van der Waals surface area contributed by atoms with Gasteiger partial charge in [0.05, 0.1) is 11.7 Å². The molecule has 0 radical (unpaired) electrons. The smallest absolute Gasteiger partial charge is 0.204 e. The average molecular weight is 354 g/mol. The fraction of sp³-hybridized carbons (Fsp3) is 0.250. The number of hydrogen-bond acceptors (Lipinski definition) is 6. The molecule has 2 heterocycles. The largest absolute Gasteiger partial charge is 0.508 e. The molecule has 3 aromatic rings. The van der Waals surface area contributed by atoms with Crippen LogP contribution in [0.1, 0.15) is 19.4 Å². The van der Waals surface area contributed by atoms with Crippen molar-refractivity contribution >= 4 is 11.0 Å². The number of aliphatic hydroxyl groups is 1. The minimum Gasteiger partial charge on any atom is -0.508 e. The van der Waals surface area contributed by atoms with Crippen LogP contribution in [0, 0.1) is 0 Å². The number of phenols is 2. The van der Waals surface area contributed by atoms with Gasteiger partial charge in [0.25, 0.3) is 0 Å². The van der Waals surface area contributed by atoms with Gasteiger partial charge in [0.15, 0.2) is 0 Å². The van der Waals surface area contributed by atoms with Crippen molar-refractivity contribution < 1.29 is 24.5 Å². The molecule has 6 nitrogen and oxygen atoms in total. The topological polar surface area (TPSA) is 100 Å². The lowest BCUT2D eigenvalue weighted by Gasteiger charge is -2.37. The summed E-state index contributed by atoms with van der Waals surface area (Å²) in [6.07, 6.45) is 0.684. The van der Waals surface area contributed by atoms with Gasteiger partial charge in [0, 0.05) is 18.1 Å². The van der Waals surface area contributed by atoms with E-state index in [4.69, 9.17) is 9.15 Å². The van der Waals surface area contributed by atoms with Gasteiger partial charge in [-0.25, -0.2) is 0 Å². The predicted octanol–water partition coefficient (Wildman–Crippen LogP) is 2.95. The Morgan fingerprint density at radius 1 is 1.15 bits per heavy atom. The molecule has 0 spiro atoms. The highest BCUT2D eigenvalue weighted by Gasteiger charge is 2.38. The van der Waals surface area contributed by atoms with Crippen molar-refractivity contribution in [3.8, 4) is 28.4 Å². The molecule has 1 aromatic heterocycles. The number of hydrogen-bond donors (Lipinski definition) is 3. The van der Waals surface area contributed by atoms with E-state index in [-0.39, 0.29) is 40.1 Å². The molecule has 0 saturated carbocycles. The van der Waals surface area contributed by atoms with Gasteiger partial charge >= 0.3 is 0 Å². The van der Waals surface area contributed by atoms with Crippen molar-refractivity contribution in [2.45, 2.75) is 32.0 Å². The van der Waals surface area contributed by atoms with Gasteiger partial charge in [-0.15, -0.1) is 0 Å². The summed E-state index contributed by atoms with van der Waals surface area (Å²) in [5.41, 5.74) is 0.295. The van der Waals surface area contributed by atoms with Crippen LogP contribution in [0.5, 0.6) is 17.2 Å². The Balaban J connectivity index is 2.02. The molecule has 0 amide bonds. The van der Waals surface area contributed by atoms with Crippen LogP contribution in [0.3, 0.4) is 0 Å². The Hall–Kier alpha value is -2.99. The molecule has 2 aromatic carbocycles. The van der Waals surface area contributed by atoms with Crippen molar-refractivity contribution in [3.05, 3.63) is 52.4 Å². The van der Waals surface area contributed by atoms with Crippen LogP contribution in [0.2, 0.25) is 0 Å². The number of fused-ring (bicyclic) bond motifs is 3. The number of rotatable bonds is 1. The molecule has 3 N–H and O–H groups in total. The Kier molecular flexibility index (Phi) is 3.49. The van der Waals surface area contributed by atoms with E-state index in [0.717, 1.165) is 0 Å². The Morgan fingerprint density at radius 2 is 1.85 bits per heavy atom. The van der Waals surface area contributed by atoms with Crippen LogP contribution < -0.4 is 10.2 Å². The summed E-state index contributed by atoms with van der Waals surface area (Å²) < 4.78 is 11.5. The molecule has 0 bridgehead atoms. The zero-order valence-corrected chi connectivity index (χ0v) is 14.3. The molecule has 6 heteroatoms. The third-order valence-corrected chi connectivity index (χ3v) is 4.84. The molecule has 1 atom stereocenters. The van der Waals surface area contributed by atoms with Crippen LogP contribution in [0.25, 0.3) is 22.1 Å². The third-order valence-electron chi connectivity index (χ3n) is 4.84. The first-order valence-electron chi connectivity index (χ1n) is 8.25. The predicted molar refractivity (Wildman–Crippen MR) is 95.7 cm³/mol. The second-order valence-electron chi connectivity index (χ2n) is 7.03. The lowest BCUT2D eigenvalue weighted by atomic mass is 9.89. The highest BCUT2D eigenvalue weighted by molar-refractivity contribution is 5.90. The lowest BCUT2D eigenvalue weighted by molar-refractivity contribution is -0.0406. The van der Waals surface area contributed by atoms with Gasteiger partial charge in [0.2, 0.25) is 5.43 Å². The fourth-order valence-corrected chi connectivity index (χ4v) is 3.20. The van der Waals surface area contributed by atoms with Gasteiger partial charge in [-0.2, -0.15) is 0 Å². The molecule has 0 saturated heterocycles. The number of aromatic hydroxyl groups is 2. The Labute approximate surface area is 148 Å². The van der Waals surface area contributed by atoms with E-state index in [0.29, 0.717) is 16.7 Å². The molecular formula is C20H18O6. The molecule has 26 heavy (non-hydrogen) atoms. The van der Waals surface area contributed by atoms with Crippen molar-refractivity contribution in [2.24, 2.45) is 0 Å². The molecule has 1 aliphatic rings. The maximum absolute atomic E-state index is 13.1. The second kappa shape index (κ2) is 5.51. The van der Waals surface area contributed by atoms with E-state index in [9.17, 15) is 20.1 Å². The van der Waals surface area contributed by atoms with Gasteiger partial charge in [-0.3, -0.25) is 4.79 Å². The summed E-state index contributed by atoms with van der Waals surface area (Å²) in [4.78, 5) is 13.1. The van der Waals surface area contributed by atoms with Crippen molar-refractivity contribution in [1.29, 1.82) is 0 Å². The number of ether oxygens (including phenoxy) is 1. The first-order chi connectivity index (χ1) is 12.3. The second-order valence-corrected chi connectivity index (χ2v) is 7.03. The molecule has 0 fully saturated rings. The normalized spacial score (nSPS) is 18.3. The summed E-state index contributed by atoms with van der Waals surface area (Å²) in [6.45, 7) is 3.45. The molecule has 134 valence electrons. The number of aliphatic hydroxyl groups excluding tert-OH is 1.